The van der Waals surface area contributed by atoms with E-state index in [1.807, 2.05) is 65.8 Å². The fourth-order valence-corrected chi connectivity index (χ4v) is 3.57. The van der Waals surface area contributed by atoms with Gasteiger partial charge in [0, 0.05) is 35.2 Å². The molecular formula is C22H30ClN3O3. The smallest absolute Gasteiger partial charge is 0.248 e. The first-order valence-electron chi connectivity index (χ1n) is 9.90. The van der Waals surface area contributed by atoms with Crippen LogP contribution >= 0.6 is 11.6 Å². The minimum absolute atomic E-state index is 0.0520. The lowest BCUT2D eigenvalue weighted by molar-refractivity contribution is -0.118. The van der Waals surface area contributed by atoms with E-state index in [2.05, 4.69) is 15.4 Å². The Labute approximate surface area is 177 Å². The molecule has 6 nitrogen and oxygen atoms in total. The fourth-order valence-electron chi connectivity index (χ4n) is 3.45. The molecule has 0 aliphatic carbocycles. The number of anilines is 2. The summed E-state index contributed by atoms with van der Waals surface area (Å²) in [7, 11) is 0. The van der Waals surface area contributed by atoms with Gasteiger partial charge in [0.1, 0.15) is 11.8 Å². The summed E-state index contributed by atoms with van der Waals surface area (Å²) >= 11 is 6.04. The Balaban J connectivity index is 1.79. The number of hydrogen-bond donors (Lipinski definition) is 1. The number of halogens is 1. The van der Waals surface area contributed by atoms with Crippen molar-refractivity contribution in [1.82, 2.24) is 5.16 Å². The highest BCUT2D eigenvalue weighted by atomic mass is 35.5. The minimum Gasteiger partial charge on any atom is -0.371 e. The average molecular weight is 420 g/mol. The van der Waals surface area contributed by atoms with Gasteiger partial charge >= 0.3 is 0 Å². The van der Waals surface area contributed by atoms with Gasteiger partial charge in [-0.25, -0.2) is 0 Å². The molecule has 1 N–H and O–H groups in total. The second-order valence-corrected chi connectivity index (χ2v) is 9.98. The van der Waals surface area contributed by atoms with Crippen molar-refractivity contribution in [2.45, 2.75) is 71.1 Å². The van der Waals surface area contributed by atoms with E-state index in [9.17, 15) is 4.79 Å². The molecular weight excluding hydrogens is 390 g/mol. The maximum absolute atomic E-state index is 13.1. The molecule has 1 amide bonds. The number of nitrogens with zero attached hydrogens (tertiary/aromatic N) is 2. The van der Waals surface area contributed by atoms with Gasteiger partial charge in [-0.05, 0) is 45.0 Å². The van der Waals surface area contributed by atoms with Crippen molar-refractivity contribution in [2.24, 2.45) is 0 Å². The third-order valence-electron chi connectivity index (χ3n) is 4.74. The van der Waals surface area contributed by atoms with Crippen molar-refractivity contribution in [2.75, 3.05) is 16.8 Å². The Morgan fingerprint density at radius 2 is 1.86 bits per heavy atom. The van der Waals surface area contributed by atoms with E-state index in [1.165, 1.54) is 0 Å². The van der Waals surface area contributed by atoms with Gasteiger partial charge in [0.2, 0.25) is 5.91 Å². The van der Waals surface area contributed by atoms with Crippen LogP contribution in [-0.2, 0) is 14.9 Å². The topological polar surface area (TPSA) is 67.6 Å². The summed E-state index contributed by atoms with van der Waals surface area (Å²) < 4.78 is 11.6. The van der Waals surface area contributed by atoms with Gasteiger partial charge in [0.05, 0.1) is 11.7 Å². The van der Waals surface area contributed by atoms with Crippen LogP contribution in [0.1, 0.15) is 53.7 Å². The largest absolute Gasteiger partial charge is 0.371 e. The van der Waals surface area contributed by atoms with Crippen LogP contribution in [-0.4, -0.2) is 35.4 Å². The molecule has 1 saturated heterocycles. The van der Waals surface area contributed by atoms with Crippen LogP contribution in [0.25, 0.3) is 0 Å². The van der Waals surface area contributed by atoms with Crippen molar-refractivity contribution < 1.29 is 14.1 Å². The molecule has 1 fully saturated rings. The number of nitrogens with one attached hydrogen (secondary N) is 1. The summed E-state index contributed by atoms with van der Waals surface area (Å²) in [4.78, 5) is 15.2. The summed E-state index contributed by atoms with van der Waals surface area (Å²) in [5, 5.41) is 7.57. The summed E-state index contributed by atoms with van der Waals surface area (Å²) in [6.45, 7) is 12.8. The molecule has 2 heterocycles. The summed E-state index contributed by atoms with van der Waals surface area (Å²) in [5.41, 5.74) is 0.477. The molecule has 0 radical (unpaired) electrons. The van der Waals surface area contributed by atoms with Crippen LogP contribution in [0, 0.1) is 0 Å². The first kappa shape index (κ1) is 21.7. The van der Waals surface area contributed by atoms with E-state index < -0.39 is 0 Å². The number of benzene rings is 1. The molecule has 7 heteroatoms. The van der Waals surface area contributed by atoms with Gasteiger partial charge in [-0.3, -0.25) is 4.79 Å². The summed E-state index contributed by atoms with van der Waals surface area (Å²) in [6, 6.07) is 8.92. The zero-order valence-corrected chi connectivity index (χ0v) is 18.7. The number of ether oxygens (including phenoxy) is 1. The first-order valence-corrected chi connectivity index (χ1v) is 10.3. The van der Waals surface area contributed by atoms with Crippen molar-refractivity contribution in [1.29, 1.82) is 0 Å². The highest BCUT2D eigenvalue weighted by molar-refractivity contribution is 6.30. The van der Waals surface area contributed by atoms with E-state index >= 15 is 0 Å². The maximum atomic E-state index is 13.1. The lowest BCUT2D eigenvalue weighted by Crippen LogP contribution is -2.39. The van der Waals surface area contributed by atoms with Crippen LogP contribution in [0.4, 0.5) is 11.5 Å². The number of amides is 1. The van der Waals surface area contributed by atoms with Crippen LogP contribution < -0.4 is 10.2 Å². The highest BCUT2D eigenvalue weighted by Crippen LogP contribution is 2.31. The van der Waals surface area contributed by atoms with Gasteiger partial charge in [0.25, 0.3) is 0 Å². The van der Waals surface area contributed by atoms with Crippen LogP contribution in [0.3, 0.4) is 0 Å². The van der Waals surface area contributed by atoms with Gasteiger partial charge in [-0.1, -0.05) is 37.5 Å². The van der Waals surface area contributed by atoms with Crippen molar-refractivity contribution in [3.8, 4) is 0 Å². The lowest BCUT2D eigenvalue weighted by atomic mass is 9.93. The molecule has 158 valence electrons. The van der Waals surface area contributed by atoms with Gasteiger partial charge in [0.15, 0.2) is 5.82 Å². The van der Waals surface area contributed by atoms with Crippen LogP contribution in [0.2, 0.25) is 5.02 Å². The molecule has 1 aliphatic heterocycles. The Kier molecular flexibility index (Phi) is 5.97. The number of carbonyl (C=O) groups excluding carboxylic acids is 1. The molecule has 29 heavy (non-hydrogen) atoms. The Morgan fingerprint density at radius 3 is 2.41 bits per heavy atom. The van der Waals surface area contributed by atoms with E-state index in [0.717, 1.165) is 11.4 Å². The van der Waals surface area contributed by atoms with Crippen molar-refractivity contribution in [3.05, 3.63) is 41.1 Å². The fraction of sp³-hybridized carbons (Fsp3) is 0.545. The monoisotopic (exact) mass is 419 g/mol. The predicted octanol–water partition coefficient (Wildman–Crippen LogP) is 5.03. The summed E-state index contributed by atoms with van der Waals surface area (Å²) in [6.07, 6.45) is 0.541. The number of carbonyl (C=O) groups is 1. The molecule has 2 unspecified atom stereocenters. The maximum Gasteiger partial charge on any atom is 0.248 e. The van der Waals surface area contributed by atoms with Crippen LogP contribution in [0.15, 0.2) is 34.9 Å². The first-order chi connectivity index (χ1) is 13.4. The molecule has 2 aromatic rings. The standard InChI is InChI=1S/C22H30ClN3O3/c1-21(2,3)18-12-19(25-29-18)24-20(27)17-11-16(28-22(4,5)6)13-26(17)15-9-7-14(23)8-10-15/h7-10,12,16-17H,11,13H2,1-6H3,(H,24,25,27). The quantitative estimate of drug-likeness (QED) is 0.752. The predicted molar refractivity (Wildman–Crippen MR) is 116 cm³/mol. The second kappa shape index (κ2) is 8.00. The third kappa shape index (κ3) is 5.52. The van der Waals surface area contributed by atoms with E-state index in [4.69, 9.17) is 20.9 Å². The molecule has 0 saturated carbocycles. The Morgan fingerprint density at radius 1 is 1.21 bits per heavy atom. The molecule has 1 aromatic heterocycles. The second-order valence-electron chi connectivity index (χ2n) is 9.55. The SMILES string of the molecule is CC(C)(C)OC1CC(C(=O)Nc2cc(C(C)(C)C)on2)N(c2ccc(Cl)cc2)C1. The molecule has 2 atom stereocenters. The van der Waals surface area contributed by atoms with E-state index in [1.54, 1.807) is 6.07 Å². The van der Waals surface area contributed by atoms with E-state index in [-0.39, 0.29) is 29.1 Å². The third-order valence-corrected chi connectivity index (χ3v) is 5.00. The Hall–Kier alpha value is -2.05. The van der Waals surface area contributed by atoms with Gasteiger partial charge < -0.3 is 19.5 Å². The molecule has 0 spiro atoms. The normalized spacial score (nSPS) is 20.2. The van der Waals surface area contributed by atoms with E-state index in [0.29, 0.717) is 23.8 Å². The Bertz CT molecular complexity index is 849. The van der Waals surface area contributed by atoms with Crippen LogP contribution in [0.5, 0.6) is 0 Å². The van der Waals surface area contributed by atoms with Gasteiger partial charge in [-0.15, -0.1) is 0 Å². The molecule has 3 rings (SSSR count). The minimum atomic E-state index is -0.377. The average Bonchev–Trinajstić information content (AvgIpc) is 3.21. The highest BCUT2D eigenvalue weighted by Gasteiger charge is 2.39. The molecule has 1 aliphatic rings. The zero-order valence-electron chi connectivity index (χ0n) is 18.0. The molecule has 0 bridgehead atoms. The van der Waals surface area contributed by atoms with Gasteiger partial charge in [-0.2, -0.15) is 0 Å². The van der Waals surface area contributed by atoms with Crippen molar-refractivity contribution >= 4 is 29.0 Å². The summed E-state index contributed by atoms with van der Waals surface area (Å²) in [5.74, 6) is 1.02. The van der Waals surface area contributed by atoms with Crippen molar-refractivity contribution in [3.63, 3.8) is 0 Å². The number of hydrogen-bond acceptors (Lipinski definition) is 5. The zero-order chi connectivity index (χ0) is 21.4. The molecule has 1 aromatic carbocycles. The lowest BCUT2D eigenvalue weighted by Gasteiger charge is -2.26. The number of aromatic nitrogens is 1. The number of rotatable bonds is 4.